The summed E-state index contributed by atoms with van der Waals surface area (Å²) in [6, 6.07) is 0. The van der Waals surface area contributed by atoms with E-state index in [4.69, 9.17) is 0 Å². The van der Waals surface area contributed by atoms with Crippen LogP contribution in [0.4, 0.5) is 0 Å². The summed E-state index contributed by atoms with van der Waals surface area (Å²) in [5.74, 6) is -0.00773. The second-order valence-electron chi connectivity index (χ2n) is 4.76. The first kappa shape index (κ1) is 16.2. The van der Waals surface area contributed by atoms with Crippen molar-refractivity contribution in [3.63, 3.8) is 0 Å². The summed E-state index contributed by atoms with van der Waals surface area (Å²) in [5, 5.41) is 8.60. The molecule has 0 N–H and O–H groups in total. The van der Waals surface area contributed by atoms with Gasteiger partial charge in [-0.2, -0.15) is 10.2 Å². The van der Waals surface area contributed by atoms with Crippen molar-refractivity contribution in [2.24, 2.45) is 0 Å². The van der Waals surface area contributed by atoms with Crippen LogP contribution in [0.3, 0.4) is 0 Å². The molecule has 0 spiro atoms. The summed E-state index contributed by atoms with van der Waals surface area (Å²) in [6.45, 7) is 5.44. The molecule has 21 heavy (non-hydrogen) atoms. The van der Waals surface area contributed by atoms with Crippen LogP contribution in [-0.2, 0) is 24.4 Å². The Balaban J connectivity index is 2.02. The van der Waals surface area contributed by atoms with E-state index < -0.39 is 0 Å². The van der Waals surface area contributed by atoms with Gasteiger partial charge in [-0.3, -0.25) is 14.2 Å². The molecule has 6 nitrogen and oxygen atoms in total. The van der Waals surface area contributed by atoms with Crippen molar-refractivity contribution in [3.05, 3.63) is 32.7 Å². The van der Waals surface area contributed by atoms with Crippen molar-refractivity contribution in [2.45, 2.75) is 33.5 Å². The van der Waals surface area contributed by atoms with E-state index in [0.717, 1.165) is 26.9 Å². The van der Waals surface area contributed by atoms with E-state index in [9.17, 15) is 4.79 Å². The average Bonchev–Trinajstić information content (AvgIpc) is 2.96. The molecule has 2 aromatic rings. The summed E-state index contributed by atoms with van der Waals surface area (Å²) >= 11 is 6.86. The number of hydrogen-bond acceptors (Lipinski definition) is 3. The van der Waals surface area contributed by atoms with Crippen molar-refractivity contribution in [1.29, 1.82) is 0 Å². The molecule has 0 fully saturated rings. The van der Waals surface area contributed by atoms with Crippen LogP contribution in [0.2, 0.25) is 0 Å². The largest absolute Gasteiger partial charge is 0.338 e. The van der Waals surface area contributed by atoms with E-state index in [2.05, 4.69) is 42.1 Å². The zero-order chi connectivity index (χ0) is 15.6. The lowest BCUT2D eigenvalue weighted by atomic mass is 10.4. The van der Waals surface area contributed by atoms with Crippen LogP contribution in [0, 0.1) is 6.92 Å². The highest BCUT2D eigenvalue weighted by Crippen LogP contribution is 2.17. The summed E-state index contributed by atoms with van der Waals surface area (Å²) in [4.78, 5) is 13.9. The highest BCUT2D eigenvalue weighted by atomic mass is 79.9. The number of rotatable bonds is 5. The minimum absolute atomic E-state index is 0.00773. The topological polar surface area (TPSA) is 56.0 Å². The molecular formula is C13H17Br2N5O. The molecule has 0 aromatic carbocycles. The molecule has 2 aromatic heterocycles. The molecule has 0 bridgehead atoms. The second-order valence-corrected chi connectivity index (χ2v) is 6.47. The Kier molecular flexibility index (Phi) is 5.21. The van der Waals surface area contributed by atoms with Crippen LogP contribution in [0.5, 0.6) is 0 Å². The third kappa shape index (κ3) is 3.74. The maximum atomic E-state index is 12.3. The van der Waals surface area contributed by atoms with Crippen LogP contribution >= 0.6 is 31.9 Å². The summed E-state index contributed by atoms with van der Waals surface area (Å²) in [7, 11) is 1.77. The Bertz CT molecular complexity index is 649. The molecule has 0 radical (unpaired) electrons. The minimum atomic E-state index is -0.00773. The lowest BCUT2D eigenvalue weighted by molar-refractivity contribution is -0.131. The number of hydrogen-bond donors (Lipinski definition) is 0. The third-order valence-corrected chi connectivity index (χ3v) is 4.69. The smallest absolute Gasteiger partial charge is 0.244 e. The Labute approximate surface area is 140 Å². The van der Waals surface area contributed by atoms with Crippen LogP contribution in [-0.4, -0.2) is 37.4 Å². The zero-order valence-corrected chi connectivity index (χ0v) is 15.3. The molecule has 8 heteroatoms. The van der Waals surface area contributed by atoms with E-state index in [0.29, 0.717) is 6.54 Å². The number of amides is 1. The number of carbonyl (C=O) groups excluding carboxylic acids is 1. The van der Waals surface area contributed by atoms with E-state index >= 15 is 0 Å². The molecule has 1 amide bonds. The standard InChI is InChI=1S/C13H17Br2N5O/c1-4-19-6-11(15)12(17-19)7-18(3)13(21)8-20-9(2)10(14)5-16-20/h5-6H,4,7-8H2,1-3H3. The van der Waals surface area contributed by atoms with Crippen LogP contribution in [0.1, 0.15) is 18.3 Å². The van der Waals surface area contributed by atoms with E-state index in [1.807, 2.05) is 24.7 Å². The molecule has 0 saturated heterocycles. The molecule has 0 aliphatic heterocycles. The van der Waals surface area contributed by atoms with Gasteiger partial charge in [-0.1, -0.05) is 0 Å². The Hall–Kier alpha value is -1.15. The van der Waals surface area contributed by atoms with Gasteiger partial charge in [-0.05, 0) is 45.7 Å². The van der Waals surface area contributed by atoms with Gasteiger partial charge >= 0.3 is 0 Å². The molecule has 0 aliphatic carbocycles. The number of nitrogens with zero attached hydrogens (tertiary/aromatic N) is 5. The molecule has 0 saturated carbocycles. The fourth-order valence-corrected chi connectivity index (χ4v) is 2.59. The van der Waals surface area contributed by atoms with Gasteiger partial charge in [0.25, 0.3) is 0 Å². The van der Waals surface area contributed by atoms with Crippen molar-refractivity contribution in [1.82, 2.24) is 24.5 Å². The number of aromatic nitrogens is 4. The number of halogens is 2. The fraction of sp³-hybridized carbons (Fsp3) is 0.462. The fourth-order valence-electron chi connectivity index (χ4n) is 1.85. The summed E-state index contributed by atoms with van der Waals surface area (Å²) in [5.41, 5.74) is 1.79. The minimum Gasteiger partial charge on any atom is -0.338 e. The van der Waals surface area contributed by atoms with E-state index in [1.165, 1.54) is 0 Å². The maximum Gasteiger partial charge on any atom is 0.244 e. The Morgan fingerprint density at radius 2 is 2.10 bits per heavy atom. The first-order valence-corrected chi connectivity index (χ1v) is 8.14. The number of carbonyl (C=O) groups is 1. The van der Waals surface area contributed by atoms with Crippen LogP contribution in [0.25, 0.3) is 0 Å². The molecule has 0 atom stereocenters. The molecule has 2 heterocycles. The SMILES string of the molecule is CCn1cc(Br)c(CN(C)C(=O)Cn2ncc(Br)c2C)n1. The van der Waals surface area contributed by atoms with Gasteiger partial charge < -0.3 is 4.90 Å². The molecular weight excluding hydrogens is 402 g/mol. The van der Waals surface area contributed by atoms with Crippen molar-refractivity contribution in [2.75, 3.05) is 7.05 Å². The predicted octanol–water partition coefficient (Wildman–Crippen LogP) is 2.59. The number of aryl methyl sites for hydroxylation is 1. The number of likely N-dealkylation sites (N-methyl/N-ethyl adjacent to an activating group) is 1. The monoisotopic (exact) mass is 417 g/mol. The van der Waals surface area contributed by atoms with Gasteiger partial charge in [0, 0.05) is 19.8 Å². The van der Waals surface area contributed by atoms with Gasteiger partial charge in [0.15, 0.2) is 0 Å². The maximum absolute atomic E-state index is 12.3. The first-order valence-electron chi connectivity index (χ1n) is 6.56. The predicted molar refractivity (Wildman–Crippen MR) is 86.7 cm³/mol. The zero-order valence-electron chi connectivity index (χ0n) is 12.2. The normalized spacial score (nSPS) is 10.9. The second kappa shape index (κ2) is 6.74. The van der Waals surface area contributed by atoms with Crippen LogP contribution in [0.15, 0.2) is 21.3 Å². The summed E-state index contributed by atoms with van der Waals surface area (Å²) < 4.78 is 5.35. The lowest BCUT2D eigenvalue weighted by Gasteiger charge is -2.16. The van der Waals surface area contributed by atoms with Gasteiger partial charge in [-0.15, -0.1) is 0 Å². The summed E-state index contributed by atoms with van der Waals surface area (Å²) in [6.07, 6.45) is 3.62. The van der Waals surface area contributed by atoms with Crippen molar-refractivity contribution in [3.8, 4) is 0 Å². The third-order valence-electron chi connectivity index (χ3n) is 3.25. The Morgan fingerprint density at radius 3 is 2.62 bits per heavy atom. The average molecular weight is 419 g/mol. The molecule has 0 unspecified atom stereocenters. The lowest BCUT2D eigenvalue weighted by Crippen LogP contribution is -2.30. The van der Waals surface area contributed by atoms with E-state index in [1.54, 1.807) is 22.8 Å². The first-order chi connectivity index (χ1) is 9.92. The van der Waals surface area contributed by atoms with Crippen molar-refractivity contribution >= 4 is 37.8 Å². The van der Waals surface area contributed by atoms with Gasteiger partial charge in [-0.25, -0.2) is 0 Å². The molecule has 2 rings (SSSR count). The van der Waals surface area contributed by atoms with E-state index in [-0.39, 0.29) is 12.5 Å². The molecule has 0 aliphatic rings. The Morgan fingerprint density at radius 1 is 1.38 bits per heavy atom. The van der Waals surface area contributed by atoms with Crippen molar-refractivity contribution < 1.29 is 4.79 Å². The van der Waals surface area contributed by atoms with Gasteiger partial charge in [0.05, 0.1) is 33.1 Å². The molecule has 114 valence electrons. The van der Waals surface area contributed by atoms with Gasteiger partial charge in [0.2, 0.25) is 5.91 Å². The van der Waals surface area contributed by atoms with Crippen LogP contribution < -0.4 is 0 Å². The quantitative estimate of drug-likeness (QED) is 0.749. The highest BCUT2D eigenvalue weighted by molar-refractivity contribution is 9.10. The van der Waals surface area contributed by atoms with Gasteiger partial charge in [0.1, 0.15) is 6.54 Å². The highest BCUT2D eigenvalue weighted by Gasteiger charge is 2.16.